The molecule has 0 aliphatic carbocycles. The number of hydrogen-bond donors (Lipinski definition) is 2. The van der Waals surface area contributed by atoms with Gasteiger partial charge in [0.15, 0.2) is 0 Å². The first-order valence-corrected chi connectivity index (χ1v) is 6.91. The van der Waals surface area contributed by atoms with Gasteiger partial charge in [0.25, 0.3) is 0 Å². The van der Waals surface area contributed by atoms with Gasteiger partial charge in [-0.2, -0.15) is 0 Å². The predicted molar refractivity (Wildman–Crippen MR) is 79.3 cm³/mol. The van der Waals surface area contributed by atoms with Crippen molar-refractivity contribution in [3.8, 4) is 0 Å². The van der Waals surface area contributed by atoms with Crippen molar-refractivity contribution in [3.05, 3.63) is 69.7 Å². The summed E-state index contributed by atoms with van der Waals surface area (Å²) in [6.07, 6.45) is -0.947. The van der Waals surface area contributed by atoms with Gasteiger partial charge in [-0.1, -0.05) is 29.8 Å². The SMILES string of the molecule is Cc1cc(C(O)C(CN)c2ccc(F)cc2Cl)ccc1F. The maximum Gasteiger partial charge on any atom is 0.126 e. The molecule has 0 radical (unpaired) electrons. The van der Waals surface area contributed by atoms with Crippen LogP contribution in [0.5, 0.6) is 0 Å². The van der Waals surface area contributed by atoms with Crippen LogP contribution in [0.4, 0.5) is 8.78 Å². The number of benzene rings is 2. The lowest BCUT2D eigenvalue weighted by molar-refractivity contribution is 0.147. The van der Waals surface area contributed by atoms with Crippen molar-refractivity contribution in [3.63, 3.8) is 0 Å². The topological polar surface area (TPSA) is 46.2 Å². The van der Waals surface area contributed by atoms with Crippen LogP contribution in [0.15, 0.2) is 36.4 Å². The van der Waals surface area contributed by atoms with E-state index >= 15 is 0 Å². The average Bonchev–Trinajstić information content (AvgIpc) is 2.44. The largest absolute Gasteiger partial charge is 0.388 e. The van der Waals surface area contributed by atoms with Gasteiger partial charge in [0, 0.05) is 17.5 Å². The smallest absolute Gasteiger partial charge is 0.126 e. The zero-order chi connectivity index (χ0) is 15.6. The molecule has 2 rings (SSSR count). The highest BCUT2D eigenvalue weighted by Crippen LogP contribution is 2.34. The number of aliphatic hydroxyl groups excluding tert-OH is 1. The minimum absolute atomic E-state index is 0.128. The highest BCUT2D eigenvalue weighted by Gasteiger charge is 2.24. The Morgan fingerprint density at radius 2 is 1.90 bits per heavy atom. The van der Waals surface area contributed by atoms with Gasteiger partial charge in [-0.3, -0.25) is 0 Å². The van der Waals surface area contributed by atoms with Crippen molar-refractivity contribution >= 4 is 11.6 Å². The van der Waals surface area contributed by atoms with Gasteiger partial charge in [-0.05, 0) is 41.8 Å². The summed E-state index contributed by atoms with van der Waals surface area (Å²) in [6.45, 7) is 1.75. The van der Waals surface area contributed by atoms with Gasteiger partial charge in [0.1, 0.15) is 11.6 Å². The van der Waals surface area contributed by atoms with Crippen LogP contribution in [0.25, 0.3) is 0 Å². The Morgan fingerprint density at radius 1 is 1.19 bits per heavy atom. The zero-order valence-corrected chi connectivity index (χ0v) is 12.2. The fourth-order valence-corrected chi connectivity index (χ4v) is 2.62. The molecule has 0 aliphatic rings. The second kappa shape index (κ2) is 6.52. The predicted octanol–water partition coefficient (Wildman–Crippen LogP) is 3.70. The number of halogens is 3. The first-order chi connectivity index (χ1) is 9.93. The number of nitrogens with two attached hydrogens (primary N) is 1. The third-order valence-corrected chi connectivity index (χ3v) is 3.85. The van der Waals surface area contributed by atoms with E-state index in [1.54, 1.807) is 13.0 Å². The number of rotatable bonds is 4. The Kier molecular flexibility index (Phi) is 4.93. The molecule has 2 aromatic rings. The molecule has 0 spiro atoms. The normalized spacial score (nSPS) is 14.0. The Morgan fingerprint density at radius 3 is 2.48 bits per heavy atom. The molecule has 0 saturated carbocycles. The van der Waals surface area contributed by atoms with E-state index in [0.29, 0.717) is 16.7 Å². The van der Waals surface area contributed by atoms with Crippen molar-refractivity contribution < 1.29 is 13.9 Å². The molecule has 5 heteroatoms. The lowest BCUT2D eigenvalue weighted by Gasteiger charge is -2.23. The van der Waals surface area contributed by atoms with Crippen LogP contribution >= 0.6 is 11.6 Å². The summed E-state index contributed by atoms with van der Waals surface area (Å²) in [5, 5.41) is 10.7. The van der Waals surface area contributed by atoms with Gasteiger partial charge in [0.05, 0.1) is 6.10 Å². The van der Waals surface area contributed by atoms with Gasteiger partial charge in [0.2, 0.25) is 0 Å². The van der Waals surface area contributed by atoms with Gasteiger partial charge < -0.3 is 10.8 Å². The van der Waals surface area contributed by atoms with Crippen LogP contribution in [-0.4, -0.2) is 11.7 Å². The maximum absolute atomic E-state index is 13.3. The second-order valence-corrected chi connectivity index (χ2v) is 5.37. The monoisotopic (exact) mass is 311 g/mol. The number of aryl methyl sites for hydroxylation is 1. The van der Waals surface area contributed by atoms with Crippen LogP contribution in [0.1, 0.15) is 28.7 Å². The van der Waals surface area contributed by atoms with E-state index in [2.05, 4.69) is 0 Å². The van der Waals surface area contributed by atoms with Crippen molar-refractivity contribution in [2.75, 3.05) is 6.54 Å². The van der Waals surface area contributed by atoms with Crippen molar-refractivity contribution in [1.29, 1.82) is 0 Å². The highest BCUT2D eigenvalue weighted by atomic mass is 35.5. The molecule has 0 aromatic heterocycles. The molecule has 0 aliphatic heterocycles. The van der Waals surface area contributed by atoms with Crippen LogP contribution in [-0.2, 0) is 0 Å². The summed E-state index contributed by atoms with van der Waals surface area (Å²) in [5.74, 6) is -1.29. The first kappa shape index (κ1) is 15.9. The molecule has 21 heavy (non-hydrogen) atoms. The molecule has 3 N–H and O–H groups in total. The second-order valence-electron chi connectivity index (χ2n) is 4.96. The van der Waals surface area contributed by atoms with Crippen LogP contribution in [0.3, 0.4) is 0 Å². The molecule has 2 aromatic carbocycles. The summed E-state index contributed by atoms with van der Waals surface area (Å²) >= 11 is 6.02. The summed E-state index contributed by atoms with van der Waals surface area (Å²) in [6, 6.07) is 8.34. The fourth-order valence-electron chi connectivity index (χ4n) is 2.31. The minimum Gasteiger partial charge on any atom is -0.388 e. The van der Waals surface area contributed by atoms with Gasteiger partial charge in [-0.15, -0.1) is 0 Å². The summed E-state index contributed by atoms with van der Waals surface area (Å²) < 4.78 is 26.4. The molecule has 2 atom stereocenters. The van der Waals surface area contributed by atoms with Crippen LogP contribution < -0.4 is 5.73 Å². The van der Waals surface area contributed by atoms with E-state index < -0.39 is 17.8 Å². The Balaban J connectivity index is 2.37. The van der Waals surface area contributed by atoms with E-state index in [4.69, 9.17) is 17.3 Å². The van der Waals surface area contributed by atoms with Gasteiger partial charge >= 0.3 is 0 Å². The van der Waals surface area contributed by atoms with Gasteiger partial charge in [-0.25, -0.2) is 8.78 Å². The number of aliphatic hydroxyl groups is 1. The number of hydrogen-bond acceptors (Lipinski definition) is 2. The van der Waals surface area contributed by atoms with E-state index in [0.717, 1.165) is 0 Å². The third kappa shape index (κ3) is 3.40. The summed E-state index contributed by atoms with van der Waals surface area (Å²) in [4.78, 5) is 0. The van der Waals surface area contributed by atoms with Crippen molar-refractivity contribution in [1.82, 2.24) is 0 Å². The molecule has 0 fully saturated rings. The van der Waals surface area contributed by atoms with Crippen molar-refractivity contribution in [2.45, 2.75) is 18.9 Å². The highest BCUT2D eigenvalue weighted by molar-refractivity contribution is 6.31. The van der Waals surface area contributed by atoms with E-state index in [1.165, 1.54) is 30.3 Å². The molecule has 0 saturated heterocycles. The third-order valence-electron chi connectivity index (χ3n) is 3.52. The molecule has 0 amide bonds. The van der Waals surface area contributed by atoms with E-state index in [1.807, 2.05) is 0 Å². The Hall–Kier alpha value is -1.49. The summed E-state index contributed by atoms with van der Waals surface area (Å²) in [5.41, 5.74) is 7.28. The van der Waals surface area contributed by atoms with Crippen molar-refractivity contribution in [2.24, 2.45) is 5.73 Å². The van der Waals surface area contributed by atoms with E-state index in [-0.39, 0.29) is 17.4 Å². The van der Waals surface area contributed by atoms with Crippen LogP contribution in [0, 0.1) is 18.6 Å². The van der Waals surface area contributed by atoms with Crippen LogP contribution in [0.2, 0.25) is 5.02 Å². The lowest BCUT2D eigenvalue weighted by Crippen LogP contribution is -2.20. The molecule has 0 heterocycles. The summed E-state index contributed by atoms with van der Waals surface area (Å²) in [7, 11) is 0. The average molecular weight is 312 g/mol. The van der Waals surface area contributed by atoms with E-state index in [9.17, 15) is 13.9 Å². The molecule has 2 nitrogen and oxygen atoms in total. The first-order valence-electron chi connectivity index (χ1n) is 6.53. The Labute approximate surface area is 127 Å². The molecule has 0 bridgehead atoms. The standard InChI is InChI=1S/C16H16ClF2NO/c1-9-6-10(2-5-15(9)19)16(21)13(8-20)12-4-3-11(18)7-14(12)17/h2-7,13,16,21H,8,20H2,1H3. The molecule has 2 unspecified atom stereocenters. The zero-order valence-electron chi connectivity index (χ0n) is 11.5. The quantitative estimate of drug-likeness (QED) is 0.904. The molecule has 112 valence electrons. The Bertz CT molecular complexity index is 648. The molecular formula is C16H16ClF2NO. The maximum atomic E-state index is 13.3. The minimum atomic E-state index is -0.947. The lowest BCUT2D eigenvalue weighted by atomic mass is 9.88. The molecular weight excluding hydrogens is 296 g/mol. The fraction of sp³-hybridized carbons (Fsp3) is 0.250.